The fourth-order valence-corrected chi connectivity index (χ4v) is 5.38. The monoisotopic (exact) mass is 651 g/mol. The van der Waals surface area contributed by atoms with Gasteiger partial charge in [0.1, 0.15) is 5.75 Å². The Hall–Kier alpha value is -3.84. The maximum atomic E-state index is 14.0. The zero-order valence-corrected chi connectivity index (χ0v) is 28.3. The average Bonchev–Trinajstić information content (AvgIpc) is 3.08. The van der Waals surface area contributed by atoms with Crippen molar-refractivity contribution >= 4 is 19.0 Å². The van der Waals surface area contributed by atoms with E-state index in [1.54, 1.807) is 21.1 Å². The molecular weight excluding hydrogens is 605 g/mol. The van der Waals surface area contributed by atoms with Crippen molar-refractivity contribution in [1.29, 1.82) is 5.31 Å². The van der Waals surface area contributed by atoms with Crippen molar-refractivity contribution in [1.82, 2.24) is 0 Å². The van der Waals surface area contributed by atoms with Crippen molar-refractivity contribution in [2.24, 2.45) is 5.41 Å². The predicted molar refractivity (Wildman–Crippen MR) is 175 cm³/mol. The molecule has 2 aromatic rings. The first-order chi connectivity index (χ1) is 22.5. The molecule has 0 bridgehead atoms. The van der Waals surface area contributed by atoms with Crippen LogP contribution in [0.3, 0.4) is 0 Å². The van der Waals surface area contributed by atoms with Crippen molar-refractivity contribution in [2.75, 3.05) is 35.0 Å². The number of methoxy groups -OCH3 is 4. The van der Waals surface area contributed by atoms with Gasteiger partial charge in [-0.3, -0.25) is 0 Å². The van der Waals surface area contributed by atoms with Crippen LogP contribution < -0.4 is 9.47 Å². The average molecular weight is 652 g/mol. The summed E-state index contributed by atoms with van der Waals surface area (Å²) in [4.78, 5) is 26.4. The number of benzene rings is 2. The molecule has 0 aliphatic carbocycles. The van der Waals surface area contributed by atoms with Gasteiger partial charge in [0, 0.05) is 0 Å². The summed E-state index contributed by atoms with van der Waals surface area (Å²) >= 11 is 0. The van der Waals surface area contributed by atoms with Gasteiger partial charge in [0.05, 0.1) is 13.7 Å². The zero-order chi connectivity index (χ0) is 34.5. The number of nitrogens with one attached hydrogen (secondary N) is 1. The molecule has 47 heavy (non-hydrogen) atoms. The fraction of sp³-hybridized carbons (Fsp3) is 0.486. The van der Waals surface area contributed by atoms with E-state index in [1.807, 2.05) is 74.5 Å². The SMILES string of the molecule is COC(=O)/C=C1\C[C@@H](C[C@@H](OCc2ccc(OC)cc2)[C@@H](C)OB=N)O[C@@](OC)(C(C)(C)/C=C/COCc2ccc(OC)cc2)C1=O. The Balaban J connectivity index is 1.83. The van der Waals surface area contributed by atoms with E-state index in [2.05, 4.69) is 0 Å². The molecule has 3 rings (SSSR count). The standard InChI is InChI=1S/C35H46BNO10/c1-24(47-36-37)31(45-23-26-11-15-29(41-5)16-12-26)21-30-19-27(20-32(38)42-6)33(39)35(43-7,46-30)34(2,3)17-8-18-44-22-25-9-13-28(40-4)14-10-25/h8-17,20,24,30-31,37H,18-19,21-23H2,1-7H3/b17-8+,27-20+/t24-,30+,31-,35-/m1/s1. The third-order valence-electron chi connectivity index (χ3n) is 8.10. The van der Waals surface area contributed by atoms with Crippen molar-refractivity contribution in [3.8, 4) is 11.5 Å². The van der Waals surface area contributed by atoms with Crippen molar-refractivity contribution in [3.63, 3.8) is 0 Å². The van der Waals surface area contributed by atoms with E-state index in [1.165, 1.54) is 20.3 Å². The number of ether oxygens (including phenoxy) is 7. The van der Waals surface area contributed by atoms with Crippen LogP contribution >= 0.6 is 0 Å². The molecule has 4 atom stereocenters. The number of carbonyl (C=O) groups is 2. The van der Waals surface area contributed by atoms with E-state index in [9.17, 15) is 9.59 Å². The molecule has 1 aliphatic heterocycles. The van der Waals surface area contributed by atoms with Crippen LogP contribution in [0, 0.1) is 10.7 Å². The van der Waals surface area contributed by atoms with Gasteiger partial charge in [-0.1, -0.05) is 12.1 Å². The predicted octanol–water partition coefficient (Wildman–Crippen LogP) is 5.37. The Kier molecular flexibility index (Phi) is 14.3. The van der Waals surface area contributed by atoms with Gasteiger partial charge in [-0.2, -0.15) is 0 Å². The van der Waals surface area contributed by atoms with Gasteiger partial charge < -0.3 is 4.74 Å². The number of ketones is 1. The number of carbonyl (C=O) groups excluding carboxylic acids is 2. The molecule has 0 saturated carbocycles. The Labute approximate surface area is 277 Å². The molecule has 0 unspecified atom stereocenters. The van der Waals surface area contributed by atoms with E-state index in [0.29, 0.717) is 6.61 Å². The molecule has 0 radical (unpaired) electrons. The van der Waals surface area contributed by atoms with E-state index < -0.39 is 41.3 Å². The molecule has 11 nitrogen and oxygen atoms in total. The summed E-state index contributed by atoms with van der Waals surface area (Å²) in [6, 6.07) is 15.1. The molecule has 2 aromatic carbocycles. The Morgan fingerprint density at radius 3 is 2.15 bits per heavy atom. The van der Waals surface area contributed by atoms with Gasteiger partial charge in [0.15, 0.2) is 0 Å². The number of rotatable bonds is 18. The van der Waals surface area contributed by atoms with Crippen molar-refractivity contribution in [2.45, 2.75) is 70.9 Å². The first-order valence-corrected chi connectivity index (χ1v) is 15.4. The summed E-state index contributed by atoms with van der Waals surface area (Å²) in [5, 5.41) is 7.48. The molecule has 1 heterocycles. The topological polar surface area (TPSA) is 132 Å². The molecule has 12 heteroatoms. The van der Waals surface area contributed by atoms with Crippen LogP contribution in [0.1, 0.15) is 44.7 Å². The first kappa shape index (κ1) is 37.6. The second-order valence-corrected chi connectivity index (χ2v) is 11.7. The summed E-state index contributed by atoms with van der Waals surface area (Å²) in [5.74, 6) is -1.42. The zero-order valence-electron chi connectivity index (χ0n) is 28.3. The minimum atomic E-state index is -1.78. The van der Waals surface area contributed by atoms with Crippen LogP contribution in [0.25, 0.3) is 0 Å². The van der Waals surface area contributed by atoms with Crippen LogP contribution in [-0.4, -0.2) is 78.2 Å². The summed E-state index contributed by atoms with van der Waals surface area (Å²) in [7, 11) is 6.75. The quantitative estimate of drug-likeness (QED) is 0.0739. The summed E-state index contributed by atoms with van der Waals surface area (Å²) < 4.78 is 45.4. The van der Waals surface area contributed by atoms with Crippen LogP contribution in [0.15, 0.2) is 72.3 Å². The number of hydrogen-bond donors (Lipinski definition) is 1. The number of hydrogen-bond acceptors (Lipinski definition) is 11. The van der Waals surface area contributed by atoms with Gasteiger partial charge in [-0.25, -0.2) is 0 Å². The van der Waals surface area contributed by atoms with Gasteiger partial charge in [-0.15, -0.1) is 0 Å². The molecule has 1 N–H and O–H groups in total. The second kappa shape index (κ2) is 17.9. The van der Waals surface area contributed by atoms with Crippen LogP contribution in [0.2, 0.25) is 0 Å². The number of Topliss-reactive ketones (excluding diaryl/α,β-unsaturated/α-hetero) is 1. The third-order valence-corrected chi connectivity index (χ3v) is 8.10. The Bertz CT molecular complexity index is 1380. The molecule has 0 amide bonds. The summed E-state index contributed by atoms with van der Waals surface area (Å²) in [5.41, 5.74) is 1.10. The van der Waals surface area contributed by atoms with Gasteiger partial charge in [0.2, 0.25) is 0 Å². The van der Waals surface area contributed by atoms with Gasteiger partial charge in [0.25, 0.3) is 0 Å². The van der Waals surface area contributed by atoms with Crippen LogP contribution in [0.4, 0.5) is 0 Å². The van der Waals surface area contributed by atoms with E-state index in [-0.39, 0.29) is 31.6 Å². The molecule has 1 aliphatic rings. The molecule has 1 saturated heterocycles. The fourth-order valence-electron chi connectivity index (χ4n) is 5.38. The van der Waals surface area contributed by atoms with Gasteiger partial charge in [-0.05, 0) is 17.7 Å². The van der Waals surface area contributed by atoms with Crippen molar-refractivity contribution in [3.05, 3.63) is 83.5 Å². The maximum absolute atomic E-state index is 14.0. The summed E-state index contributed by atoms with van der Waals surface area (Å²) in [6.45, 7) is 6.37. The van der Waals surface area contributed by atoms with Gasteiger partial charge >= 0.3 is 224 Å². The Morgan fingerprint density at radius 2 is 1.62 bits per heavy atom. The van der Waals surface area contributed by atoms with E-state index in [0.717, 1.165) is 29.9 Å². The summed E-state index contributed by atoms with van der Waals surface area (Å²) in [6.07, 6.45) is 3.52. The van der Waals surface area contributed by atoms with Crippen LogP contribution in [-0.2, 0) is 51.1 Å². The molecule has 1 fully saturated rings. The molecule has 254 valence electrons. The van der Waals surface area contributed by atoms with E-state index in [4.69, 9.17) is 43.1 Å². The molecule has 0 spiro atoms. The van der Waals surface area contributed by atoms with Crippen LogP contribution in [0.5, 0.6) is 11.5 Å². The van der Waals surface area contributed by atoms with E-state index >= 15 is 0 Å². The normalized spacial score (nSPS) is 20.4. The first-order valence-electron chi connectivity index (χ1n) is 15.4. The minimum absolute atomic E-state index is 0.115. The van der Waals surface area contributed by atoms with Crippen molar-refractivity contribution < 1.29 is 47.4 Å². The second-order valence-electron chi connectivity index (χ2n) is 11.7. The molecular formula is C35H46BNO10. The Morgan fingerprint density at radius 1 is 1.02 bits per heavy atom. The molecule has 0 aromatic heterocycles. The number of esters is 1. The third kappa shape index (κ3) is 10.1.